The van der Waals surface area contributed by atoms with E-state index in [0.29, 0.717) is 49.7 Å². The molecule has 0 radical (unpaired) electrons. The monoisotopic (exact) mass is 610 g/mol. The van der Waals surface area contributed by atoms with Gasteiger partial charge in [0.1, 0.15) is 11.4 Å². The number of amides is 2. The molecule has 4 heterocycles. The van der Waals surface area contributed by atoms with Crippen molar-refractivity contribution >= 4 is 34.8 Å². The Morgan fingerprint density at radius 1 is 1.05 bits per heavy atom. The molecule has 2 aromatic carbocycles. The summed E-state index contributed by atoms with van der Waals surface area (Å²) in [7, 11) is 0. The summed E-state index contributed by atoms with van der Waals surface area (Å²) >= 11 is 1.57. The Morgan fingerprint density at radius 2 is 1.77 bits per heavy atom. The molecule has 0 saturated carbocycles. The molecule has 2 amide bonds. The van der Waals surface area contributed by atoms with Gasteiger partial charge in [0.25, 0.3) is 11.8 Å². The Hall–Kier alpha value is -4.54. The van der Waals surface area contributed by atoms with Gasteiger partial charge in [0, 0.05) is 58.9 Å². The van der Waals surface area contributed by atoms with Crippen molar-refractivity contribution in [1.29, 1.82) is 0 Å². The van der Waals surface area contributed by atoms with Crippen molar-refractivity contribution in [3.63, 3.8) is 0 Å². The van der Waals surface area contributed by atoms with Crippen LogP contribution < -0.4 is 15.8 Å². The SMILES string of the molecule is Cc1cc(CN)cc(C)c1NC(=O)c1cc2c(cc1-c1ccc(C(=O)N3CC(C)(C)C3)nc1C(=O)O)OCCc1ccsc1-2. The number of nitrogens with one attached hydrogen (secondary N) is 1. The molecule has 10 heteroatoms. The van der Waals surface area contributed by atoms with E-state index in [1.165, 1.54) is 6.07 Å². The van der Waals surface area contributed by atoms with Crippen LogP contribution in [0.1, 0.15) is 67.4 Å². The molecule has 0 aliphatic carbocycles. The predicted molar refractivity (Wildman–Crippen MR) is 171 cm³/mol. The van der Waals surface area contributed by atoms with E-state index in [9.17, 15) is 19.5 Å². The highest BCUT2D eigenvalue weighted by Gasteiger charge is 2.38. The maximum atomic E-state index is 14.1. The molecular formula is C34H34N4O5S. The highest BCUT2D eigenvalue weighted by Crippen LogP contribution is 2.43. The molecule has 0 unspecified atom stereocenters. The highest BCUT2D eigenvalue weighted by atomic mass is 32.1. The zero-order chi connectivity index (χ0) is 31.3. The third-order valence-corrected chi connectivity index (χ3v) is 9.17. The molecule has 44 heavy (non-hydrogen) atoms. The van der Waals surface area contributed by atoms with Crippen molar-refractivity contribution in [3.05, 3.63) is 87.0 Å². The summed E-state index contributed by atoms with van der Waals surface area (Å²) in [5, 5.41) is 15.4. The maximum absolute atomic E-state index is 14.1. The van der Waals surface area contributed by atoms with E-state index in [1.807, 2.05) is 31.4 Å². The summed E-state index contributed by atoms with van der Waals surface area (Å²) in [5.41, 5.74) is 11.7. The first kappa shape index (κ1) is 29.5. The van der Waals surface area contributed by atoms with Crippen LogP contribution in [0.25, 0.3) is 21.6 Å². The largest absolute Gasteiger partial charge is 0.493 e. The van der Waals surface area contributed by atoms with Crippen LogP contribution in [0.15, 0.2) is 47.8 Å². The van der Waals surface area contributed by atoms with Crippen molar-refractivity contribution in [2.75, 3.05) is 25.0 Å². The summed E-state index contributed by atoms with van der Waals surface area (Å²) in [6, 6.07) is 12.5. The summed E-state index contributed by atoms with van der Waals surface area (Å²) in [6.07, 6.45) is 0.711. The van der Waals surface area contributed by atoms with E-state index in [4.69, 9.17) is 10.5 Å². The van der Waals surface area contributed by atoms with Crippen LogP contribution in [-0.4, -0.2) is 52.5 Å². The quantitative estimate of drug-likeness (QED) is 0.247. The van der Waals surface area contributed by atoms with Gasteiger partial charge in [0.05, 0.1) is 6.61 Å². The fourth-order valence-electron chi connectivity index (χ4n) is 6.13. The van der Waals surface area contributed by atoms with Crippen molar-refractivity contribution in [2.45, 2.75) is 40.7 Å². The van der Waals surface area contributed by atoms with Crippen molar-refractivity contribution in [3.8, 4) is 27.3 Å². The van der Waals surface area contributed by atoms with Gasteiger partial charge in [-0.3, -0.25) is 9.59 Å². The molecule has 0 bridgehead atoms. The minimum absolute atomic E-state index is 0.0130. The number of fused-ring (bicyclic) bond motifs is 3. The second-order valence-electron chi connectivity index (χ2n) is 12.3. The van der Waals surface area contributed by atoms with Gasteiger partial charge in [0.15, 0.2) is 5.69 Å². The molecule has 0 atom stereocenters. The molecular weight excluding hydrogens is 576 g/mol. The lowest BCUT2D eigenvalue weighted by Crippen LogP contribution is -2.55. The number of carbonyl (C=O) groups is 3. The number of anilines is 1. The fraction of sp³-hybridized carbons (Fsp3) is 0.294. The zero-order valence-electron chi connectivity index (χ0n) is 25.1. The van der Waals surface area contributed by atoms with Gasteiger partial charge in [-0.15, -0.1) is 11.3 Å². The standard InChI is InChI=1S/C34H34N4O5S/c1-18-11-20(15-35)12-19(2)28(18)37-31(39)24-13-25-27(43-9-7-21-8-10-44-30(21)25)14-23(24)22-5-6-26(36-29(22)33(41)42)32(40)38-16-34(3,4)17-38/h5-6,8,10-14H,7,9,15-17,35H2,1-4H3,(H,37,39)(H,41,42). The molecule has 6 rings (SSSR count). The summed E-state index contributed by atoms with van der Waals surface area (Å²) in [5.74, 6) is -1.48. The molecule has 9 nitrogen and oxygen atoms in total. The van der Waals surface area contributed by atoms with E-state index in [2.05, 4.69) is 30.2 Å². The van der Waals surface area contributed by atoms with Crippen molar-refractivity contribution in [1.82, 2.24) is 9.88 Å². The molecule has 1 saturated heterocycles. The molecule has 2 aliphatic rings. The van der Waals surface area contributed by atoms with Gasteiger partial charge in [-0.1, -0.05) is 26.0 Å². The Labute approximate surface area is 259 Å². The molecule has 2 aliphatic heterocycles. The first-order chi connectivity index (χ1) is 21.0. The van der Waals surface area contributed by atoms with E-state index in [1.54, 1.807) is 34.4 Å². The predicted octanol–water partition coefficient (Wildman–Crippen LogP) is 5.92. The zero-order valence-corrected chi connectivity index (χ0v) is 25.9. The number of nitrogens with zero attached hydrogens (tertiary/aromatic N) is 2. The minimum atomic E-state index is -1.30. The van der Waals surface area contributed by atoms with Gasteiger partial charge in [-0.25, -0.2) is 9.78 Å². The lowest BCUT2D eigenvalue weighted by atomic mass is 9.84. The second kappa shape index (κ2) is 11.2. The van der Waals surface area contributed by atoms with Crippen LogP contribution in [-0.2, 0) is 13.0 Å². The van der Waals surface area contributed by atoms with E-state index >= 15 is 0 Å². The topological polar surface area (TPSA) is 135 Å². The smallest absolute Gasteiger partial charge is 0.355 e. The van der Waals surface area contributed by atoms with Crippen LogP contribution in [0.3, 0.4) is 0 Å². The lowest BCUT2D eigenvalue weighted by Gasteiger charge is -2.45. The number of aromatic nitrogens is 1. The third kappa shape index (κ3) is 5.35. The normalized spacial score (nSPS) is 14.9. The van der Waals surface area contributed by atoms with Crippen LogP contribution in [0.5, 0.6) is 5.75 Å². The number of ether oxygens (including phenoxy) is 1. The first-order valence-electron chi connectivity index (χ1n) is 14.5. The number of pyridine rings is 1. The number of carboxylic acid groups (broad SMARTS) is 1. The number of aromatic carboxylic acids is 1. The van der Waals surface area contributed by atoms with Crippen LogP contribution in [0.4, 0.5) is 5.69 Å². The van der Waals surface area contributed by atoms with E-state index < -0.39 is 11.9 Å². The Balaban J connectivity index is 1.49. The minimum Gasteiger partial charge on any atom is -0.493 e. The Kier molecular flexibility index (Phi) is 7.51. The third-order valence-electron chi connectivity index (χ3n) is 8.18. The number of carbonyl (C=O) groups excluding carboxylic acids is 2. The molecule has 0 spiro atoms. The van der Waals surface area contributed by atoms with E-state index in [-0.39, 0.29) is 33.8 Å². The highest BCUT2D eigenvalue weighted by molar-refractivity contribution is 7.13. The number of carboxylic acids is 1. The van der Waals surface area contributed by atoms with Gasteiger partial charge in [-0.2, -0.15) is 0 Å². The number of hydrogen-bond acceptors (Lipinski definition) is 7. The number of thiophene rings is 1. The van der Waals surface area contributed by atoms with Crippen molar-refractivity contribution in [2.24, 2.45) is 11.1 Å². The van der Waals surface area contributed by atoms with Crippen LogP contribution >= 0.6 is 11.3 Å². The Bertz CT molecular complexity index is 1810. The van der Waals surface area contributed by atoms with Crippen LogP contribution in [0.2, 0.25) is 0 Å². The summed E-state index contributed by atoms with van der Waals surface area (Å²) in [4.78, 5) is 46.8. The number of nitrogens with two attached hydrogens (primary N) is 1. The summed E-state index contributed by atoms with van der Waals surface area (Å²) < 4.78 is 6.14. The molecule has 2 aromatic heterocycles. The summed E-state index contributed by atoms with van der Waals surface area (Å²) in [6.45, 7) is 9.92. The van der Waals surface area contributed by atoms with Gasteiger partial charge < -0.3 is 25.8 Å². The molecule has 4 N–H and O–H groups in total. The van der Waals surface area contributed by atoms with Gasteiger partial charge in [0.2, 0.25) is 0 Å². The van der Waals surface area contributed by atoms with E-state index in [0.717, 1.165) is 32.7 Å². The second-order valence-corrected chi connectivity index (χ2v) is 13.2. The number of benzene rings is 2. The number of aryl methyl sites for hydroxylation is 2. The van der Waals surface area contributed by atoms with Gasteiger partial charge in [-0.05, 0) is 77.2 Å². The lowest BCUT2D eigenvalue weighted by molar-refractivity contribution is 0.0230. The maximum Gasteiger partial charge on any atom is 0.355 e. The molecule has 226 valence electrons. The average Bonchev–Trinajstić information content (AvgIpc) is 3.37. The number of hydrogen-bond donors (Lipinski definition) is 3. The van der Waals surface area contributed by atoms with Crippen LogP contribution in [0, 0.1) is 19.3 Å². The number of rotatable bonds is 6. The van der Waals surface area contributed by atoms with Crippen molar-refractivity contribution < 1.29 is 24.2 Å². The Morgan fingerprint density at radius 3 is 2.43 bits per heavy atom. The number of likely N-dealkylation sites (tertiary alicyclic amines) is 1. The fourth-order valence-corrected chi connectivity index (χ4v) is 7.10. The molecule has 1 fully saturated rings. The van der Waals surface area contributed by atoms with Gasteiger partial charge >= 0.3 is 5.97 Å². The first-order valence-corrected chi connectivity index (χ1v) is 15.4. The average molecular weight is 611 g/mol. The molecule has 4 aromatic rings.